The number of carbonyl (C=O) groups excluding carboxylic acids is 3. The Hall–Kier alpha value is -5.03. The zero-order valence-electron chi connectivity index (χ0n) is 24.4. The zero-order chi connectivity index (χ0) is 32.4. The van der Waals surface area contributed by atoms with Crippen LogP contribution in [0.1, 0.15) is 34.8 Å². The van der Waals surface area contributed by atoms with Crippen LogP contribution in [0.15, 0.2) is 114 Å². The molecule has 3 N–H and O–H groups in total. The predicted octanol–water partition coefficient (Wildman–Crippen LogP) is 7.63. The molecule has 0 aliphatic heterocycles. The molecule has 0 aliphatic rings. The van der Waals surface area contributed by atoms with Crippen LogP contribution in [0.4, 0.5) is 24.5 Å². The summed E-state index contributed by atoms with van der Waals surface area (Å²) in [5, 5.41) is 7.42. The molecule has 4 aromatic rings. The van der Waals surface area contributed by atoms with Crippen molar-refractivity contribution in [2.75, 3.05) is 17.7 Å². The Labute approximate surface area is 262 Å². The Bertz CT molecular complexity index is 1690. The molecule has 1 unspecified atom stereocenters. The molecule has 11 heteroatoms. The van der Waals surface area contributed by atoms with E-state index in [4.69, 9.17) is 4.74 Å². The fourth-order valence-electron chi connectivity index (χ4n) is 4.17. The number of thioether (sulfide) groups is 1. The highest BCUT2D eigenvalue weighted by Gasteiger charge is 2.30. The number of anilines is 2. The number of hydrogen-bond donors (Lipinski definition) is 3. The second kappa shape index (κ2) is 15.1. The lowest BCUT2D eigenvalue weighted by Gasteiger charge is -2.16. The summed E-state index contributed by atoms with van der Waals surface area (Å²) in [6.45, 7) is 1.79. The lowest BCUT2D eigenvalue weighted by Crippen LogP contribution is -2.30. The third-order valence-corrected chi connectivity index (χ3v) is 7.78. The van der Waals surface area contributed by atoms with Crippen LogP contribution in [0.5, 0.6) is 5.75 Å². The van der Waals surface area contributed by atoms with Crippen molar-refractivity contribution in [3.63, 3.8) is 0 Å². The van der Waals surface area contributed by atoms with Crippen molar-refractivity contribution in [1.82, 2.24) is 5.32 Å². The first-order valence-corrected chi connectivity index (χ1v) is 14.7. The molecule has 0 aromatic heterocycles. The molecule has 0 saturated heterocycles. The van der Waals surface area contributed by atoms with Gasteiger partial charge in [0.2, 0.25) is 5.91 Å². The number of hydrogen-bond acceptors (Lipinski definition) is 5. The number of nitrogens with one attached hydrogen (secondary N) is 3. The number of halogens is 3. The lowest BCUT2D eigenvalue weighted by atomic mass is 10.1. The van der Waals surface area contributed by atoms with Gasteiger partial charge in [-0.2, -0.15) is 13.2 Å². The van der Waals surface area contributed by atoms with Crippen molar-refractivity contribution in [2.45, 2.75) is 29.7 Å². The van der Waals surface area contributed by atoms with E-state index in [1.807, 2.05) is 0 Å². The molecule has 0 fully saturated rings. The van der Waals surface area contributed by atoms with Crippen molar-refractivity contribution in [3.05, 3.63) is 126 Å². The molecular weight excluding hydrogens is 603 g/mol. The number of ether oxygens (including phenoxy) is 1. The van der Waals surface area contributed by atoms with Gasteiger partial charge < -0.3 is 20.7 Å². The minimum absolute atomic E-state index is 0.0120. The van der Waals surface area contributed by atoms with Crippen LogP contribution in [-0.2, 0) is 15.8 Å². The van der Waals surface area contributed by atoms with E-state index in [9.17, 15) is 27.6 Å². The van der Waals surface area contributed by atoms with Crippen molar-refractivity contribution < 1.29 is 32.3 Å². The van der Waals surface area contributed by atoms with Crippen LogP contribution in [0.2, 0.25) is 0 Å². The van der Waals surface area contributed by atoms with E-state index in [0.717, 1.165) is 12.1 Å². The Kier molecular flexibility index (Phi) is 11.0. The minimum atomic E-state index is -4.53. The third kappa shape index (κ3) is 9.48. The van der Waals surface area contributed by atoms with Crippen LogP contribution >= 0.6 is 11.8 Å². The van der Waals surface area contributed by atoms with Gasteiger partial charge in [0, 0.05) is 21.8 Å². The van der Waals surface area contributed by atoms with E-state index in [-0.39, 0.29) is 11.4 Å². The predicted molar refractivity (Wildman–Crippen MR) is 170 cm³/mol. The number of amides is 3. The summed E-state index contributed by atoms with van der Waals surface area (Å²) < 4.78 is 44.6. The van der Waals surface area contributed by atoms with Gasteiger partial charge in [-0.1, -0.05) is 49.4 Å². The quantitative estimate of drug-likeness (QED) is 0.117. The van der Waals surface area contributed by atoms with Gasteiger partial charge in [-0.05, 0) is 78.7 Å². The maximum atomic E-state index is 13.5. The molecule has 0 heterocycles. The SMILES string of the molecule is CCC(Sc1cccc(NC(=O)/C(=C/c2cccc(OC)c2)NC(=O)c2ccccc2)c1)C(=O)Nc1cccc(C(F)(F)F)c1. The first-order valence-electron chi connectivity index (χ1n) is 13.8. The van der Waals surface area contributed by atoms with Gasteiger partial charge in [0.25, 0.3) is 11.8 Å². The summed E-state index contributed by atoms with van der Waals surface area (Å²) in [5.41, 5.74) is 0.571. The molecule has 0 spiro atoms. The Morgan fingerprint density at radius 1 is 0.844 bits per heavy atom. The molecule has 0 bridgehead atoms. The van der Waals surface area contributed by atoms with Gasteiger partial charge in [0.15, 0.2) is 0 Å². The van der Waals surface area contributed by atoms with E-state index in [0.29, 0.717) is 33.9 Å². The van der Waals surface area contributed by atoms with Crippen LogP contribution in [0, 0.1) is 0 Å². The van der Waals surface area contributed by atoms with E-state index in [2.05, 4.69) is 16.0 Å². The van der Waals surface area contributed by atoms with Gasteiger partial charge >= 0.3 is 6.18 Å². The highest BCUT2D eigenvalue weighted by molar-refractivity contribution is 8.00. The van der Waals surface area contributed by atoms with E-state index < -0.39 is 34.7 Å². The molecule has 0 aliphatic carbocycles. The number of rotatable bonds is 11. The summed E-state index contributed by atoms with van der Waals surface area (Å²) >= 11 is 1.21. The highest BCUT2D eigenvalue weighted by atomic mass is 32.2. The standard InChI is InChI=1S/C34H30F3N3O4S/c1-3-30(33(43)39-25-14-8-13-24(20-25)34(35,36)37)45-28-17-9-15-26(21-28)38-32(42)29(19-22-10-7-16-27(18-22)44-2)40-31(41)23-11-5-4-6-12-23/h4-21,30H,3H2,1-2H3,(H,38,42)(H,39,43)(H,40,41)/b29-19-. The van der Waals surface area contributed by atoms with Gasteiger partial charge in [0.1, 0.15) is 11.4 Å². The molecule has 4 aromatic carbocycles. The number of carbonyl (C=O) groups is 3. The number of methoxy groups -OCH3 is 1. The van der Waals surface area contributed by atoms with Crippen molar-refractivity contribution in [3.8, 4) is 5.75 Å². The van der Waals surface area contributed by atoms with Crippen molar-refractivity contribution in [1.29, 1.82) is 0 Å². The summed E-state index contributed by atoms with van der Waals surface area (Å²) in [4.78, 5) is 40.0. The van der Waals surface area contributed by atoms with Crippen molar-refractivity contribution in [2.24, 2.45) is 0 Å². The maximum absolute atomic E-state index is 13.5. The minimum Gasteiger partial charge on any atom is -0.497 e. The van der Waals surface area contributed by atoms with Crippen LogP contribution in [0.3, 0.4) is 0 Å². The fourth-order valence-corrected chi connectivity index (χ4v) is 5.18. The summed E-state index contributed by atoms with van der Waals surface area (Å²) in [6, 6.07) is 26.7. The van der Waals surface area contributed by atoms with E-state index >= 15 is 0 Å². The normalized spacial score (nSPS) is 12.2. The molecule has 3 amide bonds. The van der Waals surface area contributed by atoms with E-state index in [1.54, 1.807) is 85.8 Å². The average molecular weight is 634 g/mol. The number of benzene rings is 4. The first-order chi connectivity index (χ1) is 21.5. The molecular formula is C34H30F3N3O4S. The molecule has 0 saturated carbocycles. The van der Waals surface area contributed by atoms with Crippen molar-refractivity contribution >= 4 is 46.9 Å². The second-order valence-corrected chi connectivity index (χ2v) is 11.0. The Balaban J connectivity index is 1.50. The highest BCUT2D eigenvalue weighted by Crippen LogP contribution is 2.32. The molecule has 1 atom stereocenters. The van der Waals surface area contributed by atoms with Gasteiger partial charge in [-0.25, -0.2) is 0 Å². The fraction of sp³-hybridized carbons (Fsp3) is 0.147. The molecule has 0 radical (unpaired) electrons. The van der Waals surface area contributed by atoms with Gasteiger partial charge in [-0.3, -0.25) is 14.4 Å². The number of alkyl halides is 3. The van der Waals surface area contributed by atoms with Crippen LogP contribution in [0.25, 0.3) is 6.08 Å². The van der Waals surface area contributed by atoms with E-state index in [1.165, 1.54) is 37.1 Å². The van der Waals surface area contributed by atoms with Gasteiger partial charge in [-0.15, -0.1) is 11.8 Å². The largest absolute Gasteiger partial charge is 0.497 e. The molecule has 7 nitrogen and oxygen atoms in total. The topological polar surface area (TPSA) is 96.5 Å². The average Bonchev–Trinajstić information content (AvgIpc) is 3.03. The zero-order valence-corrected chi connectivity index (χ0v) is 25.2. The summed E-state index contributed by atoms with van der Waals surface area (Å²) in [6.07, 6.45) is -2.61. The Morgan fingerprint density at radius 3 is 2.22 bits per heavy atom. The summed E-state index contributed by atoms with van der Waals surface area (Å²) in [7, 11) is 1.52. The summed E-state index contributed by atoms with van der Waals surface area (Å²) in [5.74, 6) is -0.936. The molecule has 45 heavy (non-hydrogen) atoms. The molecule has 4 rings (SSSR count). The van der Waals surface area contributed by atoms with Crippen LogP contribution < -0.4 is 20.7 Å². The third-order valence-electron chi connectivity index (χ3n) is 6.42. The second-order valence-electron chi connectivity index (χ2n) is 9.72. The maximum Gasteiger partial charge on any atom is 0.416 e. The lowest BCUT2D eigenvalue weighted by molar-refractivity contribution is -0.137. The first kappa shape index (κ1) is 32.9. The Morgan fingerprint density at radius 2 is 1.53 bits per heavy atom. The van der Waals surface area contributed by atoms with Crippen LogP contribution in [-0.4, -0.2) is 30.1 Å². The smallest absolute Gasteiger partial charge is 0.416 e. The molecule has 232 valence electrons. The van der Waals surface area contributed by atoms with Gasteiger partial charge in [0.05, 0.1) is 17.9 Å². The monoisotopic (exact) mass is 633 g/mol.